The summed E-state index contributed by atoms with van der Waals surface area (Å²) in [6.45, 7) is 1.15. The average Bonchev–Trinajstić information content (AvgIpc) is 2.83. The minimum absolute atomic E-state index is 0.235. The van der Waals surface area contributed by atoms with Crippen molar-refractivity contribution in [2.24, 2.45) is 0 Å². The van der Waals surface area contributed by atoms with Crippen LogP contribution in [0.3, 0.4) is 0 Å². The van der Waals surface area contributed by atoms with E-state index in [-0.39, 0.29) is 15.7 Å². The first-order valence-corrected chi connectivity index (χ1v) is 8.52. The summed E-state index contributed by atoms with van der Waals surface area (Å²) in [7, 11) is 0. The normalized spacial score (nSPS) is 19.4. The number of hydrogen-bond acceptors (Lipinski definition) is 3. The minimum Gasteiger partial charge on any atom is -0.322 e. The van der Waals surface area contributed by atoms with Crippen molar-refractivity contribution in [3.8, 4) is 0 Å². The summed E-state index contributed by atoms with van der Waals surface area (Å²) in [4.78, 5) is 38.2. The molecule has 3 rings (SSSR count). The number of benzene rings is 2. The highest BCUT2D eigenvalue weighted by Crippen LogP contribution is 2.31. The molecule has 0 aromatic heterocycles. The van der Waals surface area contributed by atoms with Gasteiger partial charge < -0.3 is 10.6 Å². The molecule has 0 radical (unpaired) electrons. The van der Waals surface area contributed by atoms with Crippen molar-refractivity contribution in [3.05, 3.63) is 64.1 Å². The Kier molecular flexibility index (Phi) is 4.89. The zero-order chi connectivity index (χ0) is 18.9. The molecular weight excluding hydrogens is 377 g/mol. The number of amides is 4. The Balaban J connectivity index is 1.77. The first-order chi connectivity index (χ1) is 12.3. The molecule has 1 aliphatic heterocycles. The van der Waals surface area contributed by atoms with Crippen LogP contribution in [0.25, 0.3) is 0 Å². The fraction of sp³-hybridized carbons (Fsp3) is 0.167. The third kappa shape index (κ3) is 3.25. The number of nitrogens with zero attached hydrogens (tertiary/aromatic N) is 1. The van der Waals surface area contributed by atoms with Crippen LogP contribution in [0.5, 0.6) is 0 Å². The van der Waals surface area contributed by atoms with E-state index in [0.717, 1.165) is 4.90 Å². The van der Waals surface area contributed by atoms with Gasteiger partial charge in [0.2, 0.25) is 5.91 Å². The Morgan fingerprint density at radius 2 is 1.69 bits per heavy atom. The van der Waals surface area contributed by atoms with Crippen LogP contribution in [0.1, 0.15) is 12.5 Å². The van der Waals surface area contributed by atoms with Gasteiger partial charge in [0.25, 0.3) is 5.91 Å². The van der Waals surface area contributed by atoms with Crippen LogP contribution < -0.4 is 10.6 Å². The van der Waals surface area contributed by atoms with Crippen molar-refractivity contribution in [2.75, 3.05) is 11.9 Å². The van der Waals surface area contributed by atoms with Crippen molar-refractivity contribution in [1.29, 1.82) is 0 Å². The fourth-order valence-electron chi connectivity index (χ4n) is 2.75. The smallest absolute Gasteiger partial charge is 0.322 e. The van der Waals surface area contributed by atoms with E-state index >= 15 is 0 Å². The van der Waals surface area contributed by atoms with Crippen LogP contribution in [0.4, 0.5) is 10.5 Å². The second-order valence-corrected chi connectivity index (χ2v) is 6.77. The number of imide groups is 1. The van der Waals surface area contributed by atoms with Gasteiger partial charge in [0.05, 0.1) is 15.7 Å². The van der Waals surface area contributed by atoms with Gasteiger partial charge in [-0.15, -0.1) is 0 Å². The standard InChI is InChI=1S/C18H15Cl2N3O3/c1-18(11-6-3-2-4-7-11)16(25)23(17(26)22-18)10-14(24)21-15-12(19)8-5-9-13(15)20/h2-9H,10H2,1H3,(H,21,24)(H,22,26)/t18-/m1/s1. The summed E-state index contributed by atoms with van der Waals surface area (Å²) in [6.07, 6.45) is 0. The number of para-hydroxylation sites is 1. The van der Waals surface area contributed by atoms with Gasteiger partial charge in [0, 0.05) is 0 Å². The third-order valence-corrected chi connectivity index (χ3v) is 4.78. The van der Waals surface area contributed by atoms with Gasteiger partial charge in [0.1, 0.15) is 12.1 Å². The molecule has 4 amide bonds. The number of rotatable bonds is 4. The Morgan fingerprint density at radius 3 is 2.31 bits per heavy atom. The van der Waals surface area contributed by atoms with Gasteiger partial charge in [-0.05, 0) is 24.6 Å². The predicted molar refractivity (Wildman–Crippen MR) is 99.1 cm³/mol. The van der Waals surface area contributed by atoms with E-state index < -0.39 is 29.9 Å². The monoisotopic (exact) mass is 391 g/mol. The molecule has 8 heteroatoms. The second kappa shape index (κ2) is 6.97. The van der Waals surface area contributed by atoms with Crippen molar-refractivity contribution >= 4 is 46.7 Å². The van der Waals surface area contributed by atoms with Crippen molar-refractivity contribution in [1.82, 2.24) is 10.2 Å². The molecule has 1 fully saturated rings. The molecule has 1 atom stereocenters. The van der Waals surface area contributed by atoms with Crippen LogP contribution in [0, 0.1) is 0 Å². The van der Waals surface area contributed by atoms with Gasteiger partial charge >= 0.3 is 6.03 Å². The lowest BCUT2D eigenvalue weighted by atomic mass is 9.92. The van der Waals surface area contributed by atoms with Crippen LogP contribution in [0.2, 0.25) is 10.0 Å². The topological polar surface area (TPSA) is 78.5 Å². The summed E-state index contributed by atoms with van der Waals surface area (Å²) in [5.41, 5.74) is -0.352. The van der Waals surface area contributed by atoms with E-state index in [1.54, 1.807) is 49.4 Å². The Labute approximate surface area is 160 Å². The van der Waals surface area contributed by atoms with Crippen LogP contribution >= 0.6 is 23.2 Å². The van der Waals surface area contributed by atoms with Gasteiger partial charge in [-0.1, -0.05) is 59.6 Å². The number of nitrogens with one attached hydrogen (secondary N) is 2. The minimum atomic E-state index is -1.22. The molecule has 134 valence electrons. The molecular formula is C18H15Cl2N3O3. The Morgan fingerprint density at radius 1 is 1.08 bits per heavy atom. The lowest BCUT2D eigenvalue weighted by Gasteiger charge is -2.22. The number of carbonyl (C=O) groups is 3. The van der Waals surface area contributed by atoms with Crippen molar-refractivity contribution < 1.29 is 14.4 Å². The lowest BCUT2D eigenvalue weighted by molar-refractivity contribution is -0.133. The zero-order valence-electron chi connectivity index (χ0n) is 13.8. The highest BCUT2D eigenvalue weighted by Gasteiger charge is 2.49. The van der Waals surface area contributed by atoms with E-state index in [9.17, 15) is 14.4 Å². The van der Waals surface area contributed by atoms with Gasteiger partial charge in [0.15, 0.2) is 0 Å². The molecule has 0 saturated carbocycles. The van der Waals surface area contributed by atoms with E-state index in [1.165, 1.54) is 0 Å². The number of hydrogen-bond donors (Lipinski definition) is 2. The van der Waals surface area contributed by atoms with Crippen molar-refractivity contribution in [2.45, 2.75) is 12.5 Å². The molecule has 6 nitrogen and oxygen atoms in total. The number of urea groups is 1. The summed E-state index contributed by atoms with van der Waals surface area (Å²) < 4.78 is 0. The number of anilines is 1. The molecule has 2 aromatic carbocycles. The summed E-state index contributed by atoms with van der Waals surface area (Å²) in [5.74, 6) is -1.09. The molecule has 26 heavy (non-hydrogen) atoms. The van der Waals surface area contributed by atoms with Crippen LogP contribution in [-0.4, -0.2) is 29.3 Å². The number of carbonyl (C=O) groups excluding carboxylic acids is 3. The lowest BCUT2D eigenvalue weighted by Crippen LogP contribution is -2.42. The van der Waals surface area contributed by atoms with Gasteiger partial charge in [-0.3, -0.25) is 14.5 Å². The second-order valence-electron chi connectivity index (χ2n) is 5.96. The predicted octanol–water partition coefficient (Wildman–Crippen LogP) is 3.40. The average molecular weight is 392 g/mol. The summed E-state index contributed by atoms with van der Waals surface area (Å²) in [5, 5.41) is 5.70. The molecule has 1 heterocycles. The van der Waals surface area contributed by atoms with E-state index in [1.807, 2.05) is 6.07 Å². The van der Waals surface area contributed by atoms with E-state index in [4.69, 9.17) is 23.2 Å². The van der Waals surface area contributed by atoms with Gasteiger partial charge in [-0.25, -0.2) is 4.79 Å². The van der Waals surface area contributed by atoms with E-state index in [0.29, 0.717) is 5.56 Å². The summed E-state index contributed by atoms with van der Waals surface area (Å²) in [6, 6.07) is 13.0. The SMILES string of the molecule is C[C@]1(c2ccccc2)NC(=O)N(CC(=O)Nc2c(Cl)cccc2Cl)C1=O. The molecule has 0 unspecified atom stereocenters. The highest BCUT2D eigenvalue weighted by atomic mass is 35.5. The Bertz CT molecular complexity index is 868. The number of halogens is 2. The maximum Gasteiger partial charge on any atom is 0.325 e. The highest BCUT2D eigenvalue weighted by molar-refractivity contribution is 6.39. The van der Waals surface area contributed by atoms with Gasteiger partial charge in [-0.2, -0.15) is 0 Å². The maximum absolute atomic E-state index is 12.8. The molecule has 2 N–H and O–H groups in total. The maximum atomic E-state index is 12.8. The summed E-state index contributed by atoms with van der Waals surface area (Å²) >= 11 is 12.0. The first kappa shape index (κ1) is 18.2. The Hall–Kier alpha value is -2.57. The molecule has 1 saturated heterocycles. The largest absolute Gasteiger partial charge is 0.325 e. The van der Waals surface area contributed by atoms with E-state index in [2.05, 4.69) is 10.6 Å². The fourth-order valence-corrected chi connectivity index (χ4v) is 3.24. The molecule has 0 spiro atoms. The van der Waals surface area contributed by atoms with Crippen LogP contribution in [0.15, 0.2) is 48.5 Å². The zero-order valence-corrected chi connectivity index (χ0v) is 15.3. The first-order valence-electron chi connectivity index (χ1n) is 7.76. The quantitative estimate of drug-likeness (QED) is 0.783. The van der Waals surface area contributed by atoms with Crippen LogP contribution in [-0.2, 0) is 15.1 Å². The molecule has 1 aliphatic rings. The van der Waals surface area contributed by atoms with Crippen molar-refractivity contribution in [3.63, 3.8) is 0 Å². The molecule has 0 aliphatic carbocycles. The molecule has 2 aromatic rings. The molecule has 0 bridgehead atoms. The third-order valence-electron chi connectivity index (χ3n) is 4.16.